The lowest BCUT2D eigenvalue weighted by Gasteiger charge is -2.13. The molecule has 0 saturated heterocycles. The van der Waals surface area contributed by atoms with Crippen molar-refractivity contribution in [1.82, 2.24) is 5.16 Å². The standard InChI is InChI=1S/C19H19N3O5S/c1-12-18(13(2)27-21-12)28(24,25)22-17-7-5-4-6-16(17)19(23)20-14-8-10-15(26-3)11-9-14/h4-11,22H,1-3H3,(H,20,23). The van der Waals surface area contributed by atoms with Crippen molar-refractivity contribution in [3.63, 3.8) is 0 Å². The molecule has 146 valence electrons. The van der Waals surface area contributed by atoms with Crippen molar-refractivity contribution in [3.05, 3.63) is 65.5 Å². The predicted octanol–water partition coefficient (Wildman–Crippen LogP) is 3.35. The molecular formula is C19H19N3O5S. The quantitative estimate of drug-likeness (QED) is 0.655. The van der Waals surface area contributed by atoms with E-state index < -0.39 is 15.9 Å². The third-order valence-corrected chi connectivity index (χ3v) is 5.61. The molecule has 9 heteroatoms. The molecule has 2 aromatic carbocycles. The van der Waals surface area contributed by atoms with Gasteiger partial charge in [-0.05, 0) is 50.2 Å². The third-order valence-electron chi connectivity index (χ3n) is 4.00. The molecule has 0 fully saturated rings. The number of methoxy groups -OCH3 is 1. The van der Waals surface area contributed by atoms with Crippen LogP contribution in [0.5, 0.6) is 5.75 Å². The van der Waals surface area contributed by atoms with E-state index in [9.17, 15) is 13.2 Å². The Morgan fingerprint density at radius 1 is 1.07 bits per heavy atom. The number of rotatable bonds is 6. The summed E-state index contributed by atoms with van der Waals surface area (Å²) in [6.07, 6.45) is 0. The number of hydrogen-bond acceptors (Lipinski definition) is 6. The second kappa shape index (κ2) is 7.73. The first-order chi connectivity index (χ1) is 13.3. The number of para-hydroxylation sites is 1. The van der Waals surface area contributed by atoms with E-state index in [1.807, 2.05) is 0 Å². The molecule has 0 unspecified atom stereocenters. The van der Waals surface area contributed by atoms with Crippen LogP contribution in [0, 0.1) is 13.8 Å². The summed E-state index contributed by atoms with van der Waals surface area (Å²) in [6.45, 7) is 3.05. The molecule has 3 rings (SSSR count). The van der Waals surface area contributed by atoms with Gasteiger partial charge in [0, 0.05) is 5.69 Å². The van der Waals surface area contributed by atoms with E-state index in [0.717, 1.165) is 0 Å². The van der Waals surface area contributed by atoms with Crippen molar-refractivity contribution in [1.29, 1.82) is 0 Å². The van der Waals surface area contributed by atoms with Gasteiger partial charge < -0.3 is 14.6 Å². The Kier molecular flexibility index (Phi) is 5.36. The minimum atomic E-state index is -3.97. The number of carbonyl (C=O) groups excluding carboxylic acids is 1. The summed E-state index contributed by atoms with van der Waals surface area (Å²) in [5.74, 6) is 0.373. The highest BCUT2D eigenvalue weighted by molar-refractivity contribution is 7.92. The molecule has 3 aromatic rings. The highest BCUT2D eigenvalue weighted by Gasteiger charge is 2.25. The van der Waals surface area contributed by atoms with E-state index in [0.29, 0.717) is 11.4 Å². The van der Waals surface area contributed by atoms with Gasteiger partial charge in [0.05, 0.1) is 18.4 Å². The molecule has 0 bridgehead atoms. The van der Waals surface area contributed by atoms with Gasteiger partial charge in [0.15, 0.2) is 10.7 Å². The summed E-state index contributed by atoms with van der Waals surface area (Å²) in [5, 5.41) is 6.40. The first-order valence-electron chi connectivity index (χ1n) is 8.32. The Bertz CT molecular complexity index is 1090. The van der Waals surface area contributed by atoms with Gasteiger partial charge >= 0.3 is 0 Å². The molecule has 2 N–H and O–H groups in total. The summed E-state index contributed by atoms with van der Waals surface area (Å²) < 4.78 is 38.0. The van der Waals surface area contributed by atoms with Crippen molar-refractivity contribution in [3.8, 4) is 5.75 Å². The van der Waals surface area contributed by atoms with Crippen LogP contribution < -0.4 is 14.8 Å². The number of carbonyl (C=O) groups is 1. The van der Waals surface area contributed by atoms with Gasteiger partial charge in [-0.15, -0.1) is 0 Å². The van der Waals surface area contributed by atoms with Crippen LogP contribution in [-0.2, 0) is 10.0 Å². The molecule has 0 aliphatic heterocycles. The summed E-state index contributed by atoms with van der Waals surface area (Å²) in [5.41, 5.74) is 1.11. The van der Waals surface area contributed by atoms with Crippen molar-refractivity contribution in [2.45, 2.75) is 18.7 Å². The number of aromatic nitrogens is 1. The maximum atomic E-state index is 12.8. The first kappa shape index (κ1) is 19.4. The highest BCUT2D eigenvalue weighted by Crippen LogP contribution is 2.25. The molecule has 1 amide bonds. The number of sulfonamides is 1. The number of benzene rings is 2. The zero-order valence-electron chi connectivity index (χ0n) is 15.5. The summed E-state index contributed by atoms with van der Waals surface area (Å²) >= 11 is 0. The largest absolute Gasteiger partial charge is 0.497 e. The van der Waals surface area contributed by atoms with Crippen LogP contribution in [0.3, 0.4) is 0 Å². The fourth-order valence-corrected chi connectivity index (χ4v) is 4.11. The lowest BCUT2D eigenvalue weighted by Crippen LogP contribution is -2.19. The number of nitrogens with zero attached hydrogens (tertiary/aromatic N) is 1. The van der Waals surface area contributed by atoms with E-state index in [-0.39, 0.29) is 27.6 Å². The van der Waals surface area contributed by atoms with Crippen LogP contribution in [-0.4, -0.2) is 26.6 Å². The van der Waals surface area contributed by atoms with Gasteiger partial charge in [0.1, 0.15) is 11.4 Å². The fourth-order valence-electron chi connectivity index (χ4n) is 2.70. The number of nitrogens with one attached hydrogen (secondary N) is 2. The second-order valence-corrected chi connectivity index (χ2v) is 7.61. The molecule has 8 nitrogen and oxygen atoms in total. The molecule has 28 heavy (non-hydrogen) atoms. The van der Waals surface area contributed by atoms with Crippen LogP contribution in [0.2, 0.25) is 0 Å². The van der Waals surface area contributed by atoms with Crippen molar-refractivity contribution in [2.75, 3.05) is 17.1 Å². The predicted molar refractivity (Wildman–Crippen MR) is 104 cm³/mol. The molecule has 0 atom stereocenters. The van der Waals surface area contributed by atoms with Gasteiger partial charge in [-0.1, -0.05) is 17.3 Å². The SMILES string of the molecule is COc1ccc(NC(=O)c2ccccc2NS(=O)(=O)c2c(C)noc2C)cc1. The number of hydrogen-bond donors (Lipinski definition) is 2. The summed E-state index contributed by atoms with van der Waals surface area (Å²) in [6, 6.07) is 13.1. The van der Waals surface area contributed by atoms with Crippen LogP contribution in [0.25, 0.3) is 0 Å². The van der Waals surface area contributed by atoms with Crippen molar-refractivity contribution < 1.29 is 22.5 Å². The Hall–Kier alpha value is -3.33. The molecule has 1 aromatic heterocycles. The Labute approximate surface area is 162 Å². The lowest BCUT2D eigenvalue weighted by molar-refractivity contribution is 0.102. The van der Waals surface area contributed by atoms with Crippen molar-refractivity contribution >= 4 is 27.3 Å². The summed E-state index contributed by atoms with van der Waals surface area (Å²) in [4.78, 5) is 12.6. The molecule has 0 radical (unpaired) electrons. The maximum absolute atomic E-state index is 12.8. The monoisotopic (exact) mass is 401 g/mol. The average Bonchev–Trinajstić information content (AvgIpc) is 3.01. The smallest absolute Gasteiger partial charge is 0.267 e. The maximum Gasteiger partial charge on any atom is 0.267 e. The number of amides is 1. The Morgan fingerprint density at radius 3 is 2.36 bits per heavy atom. The zero-order valence-corrected chi connectivity index (χ0v) is 16.3. The van der Waals surface area contributed by atoms with Crippen LogP contribution >= 0.6 is 0 Å². The number of anilines is 2. The number of ether oxygens (including phenoxy) is 1. The molecule has 0 aliphatic carbocycles. The minimum Gasteiger partial charge on any atom is -0.497 e. The highest BCUT2D eigenvalue weighted by atomic mass is 32.2. The Morgan fingerprint density at radius 2 is 1.75 bits per heavy atom. The molecule has 0 saturated carbocycles. The molecular weight excluding hydrogens is 382 g/mol. The van der Waals surface area contributed by atoms with E-state index in [2.05, 4.69) is 15.2 Å². The first-order valence-corrected chi connectivity index (χ1v) is 9.80. The average molecular weight is 401 g/mol. The van der Waals surface area contributed by atoms with Gasteiger partial charge in [0.25, 0.3) is 15.9 Å². The molecule has 1 heterocycles. The van der Waals surface area contributed by atoms with Gasteiger partial charge in [0.2, 0.25) is 0 Å². The molecule has 0 spiro atoms. The van der Waals surface area contributed by atoms with E-state index in [1.165, 1.54) is 26.0 Å². The number of aryl methyl sites for hydroxylation is 2. The van der Waals surface area contributed by atoms with Crippen LogP contribution in [0.15, 0.2) is 57.9 Å². The second-order valence-electron chi connectivity index (χ2n) is 5.99. The minimum absolute atomic E-state index is 0.0436. The van der Waals surface area contributed by atoms with Gasteiger partial charge in [-0.25, -0.2) is 8.42 Å². The lowest BCUT2D eigenvalue weighted by atomic mass is 10.1. The summed E-state index contributed by atoms with van der Waals surface area (Å²) in [7, 11) is -2.42. The van der Waals surface area contributed by atoms with Crippen molar-refractivity contribution in [2.24, 2.45) is 0 Å². The van der Waals surface area contributed by atoms with Gasteiger partial charge in [-0.2, -0.15) is 0 Å². The van der Waals surface area contributed by atoms with E-state index >= 15 is 0 Å². The van der Waals surface area contributed by atoms with Gasteiger partial charge in [-0.3, -0.25) is 9.52 Å². The topological polar surface area (TPSA) is 111 Å². The van der Waals surface area contributed by atoms with E-state index in [1.54, 1.807) is 43.5 Å². The van der Waals surface area contributed by atoms with Crippen LogP contribution in [0.4, 0.5) is 11.4 Å². The zero-order chi connectivity index (χ0) is 20.3. The van der Waals surface area contributed by atoms with E-state index in [4.69, 9.17) is 9.26 Å². The normalized spacial score (nSPS) is 11.1. The third kappa shape index (κ3) is 3.99. The Balaban J connectivity index is 1.87. The molecule has 0 aliphatic rings. The van der Waals surface area contributed by atoms with Crippen LogP contribution in [0.1, 0.15) is 21.8 Å². The fraction of sp³-hybridized carbons (Fsp3) is 0.158.